The van der Waals surface area contributed by atoms with Crippen molar-refractivity contribution in [3.8, 4) is 78.8 Å². The molecular formula is C56H38N2O. The van der Waals surface area contributed by atoms with E-state index in [0.29, 0.717) is 5.82 Å². The van der Waals surface area contributed by atoms with Crippen molar-refractivity contribution < 1.29 is 4.74 Å². The molecule has 0 atom stereocenters. The Morgan fingerprint density at radius 1 is 0.339 bits per heavy atom. The number of hydrogen-bond acceptors (Lipinski definition) is 3. The molecule has 0 unspecified atom stereocenters. The second kappa shape index (κ2) is 12.6. The van der Waals surface area contributed by atoms with Gasteiger partial charge in [-0.05, 0) is 86.0 Å². The Labute approximate surface area is 344 Å². The summed E-state index contributed by atoms with van der Waals surface area (Å²) in [4.78, 5) is 10.5. The number of benzene rings is 8. The fourth-order valence-corrected chi connectivity index (χ4v) is 10.2. The molecule has 59 heavy (non-hydrogen) atoms. The van der Waals surface area contributed by atoms with Crippen LogP contribution < -0.4 is 4.74 Å². The largest absolute Gasteiger partial charge is 0.457 e. The second-order valence-corrected chi connectivity index (χ2v) is 16.5. The van der Waals surface area contributed by atoms with Crippen molar-refractivity contribution in [3.63, 3.8) is 0 Å². The van der Waals surface area contributed by atoms with Gasteiger partial charge < -0.3 is 4.74 Å². The minimum atomic E-state index is -0.491. The van der Waals surface area contributed by atoms with Crippen molar-refractivity contribution in [1.29, 1.82) is 0 Å². The van der Waals surface area contributed by atoms with Crippen molar-refractivity contribution in [3.05, 3.63) is 228 Å². The normalized spacial score (nSPS) is 14.3. The number of fused-ring (bicyclic) bond motifs is 12. The van der Waals surface area contributed by atoms with E-state index in [1.165, 1.54) is 50.1 Å². The average Bonchev–Trinajstić information content (AvgIpc) is 3.72. The van der Waals surface area contributed by atoms with Crippen LogP contribution in [0.3, 0.4) is 0 Å². The predicted molar refractivity (Wildman–Crippen MR) is 239 cm³/mol. The predicted octanol–water partition coefficient (Wildman–Crippen LogP) is 13.9. The minimum Gasteiger partial charge on any atom is -0.457 e. The Kier molecular flexibility index (Phi) is 7.19. The zero-order valence-electron chi connectivity index (χ0n) is 32.8. The highest BCUT2D eigenvalue weighted by Crippen LogP contribution is 2.62. The Bertz CT molecular complexity index is 3130. The lowest BCUT2D eigenvalue weighted by Gasteiger charge is -2.39. The van der Waals surface area contributed by atoms with Crippen molar-refractivity contribution in [2.24, 2.45) is 0 Å². The maximum Gasteiger partial charge on any atom is 0.160 e. The molecule has 2 aliphatic carbocycles. The lowest BCUT2D eigenvalue weighted by molar-refractivity contribution is 0.436. The monoisotopic (exact) mass is 754 g/mol. The summed E-state index contributed by atoms with van der Waals surface area (Å²) in [6, 6.07) is 69.7. The van der Waals surface area contributed by atoms with Crippen LogP contribution in [-0.2, 0) is 10.8 Å². The van der Waals surface area contributed by atoms with Crippen LogP contribution in [0.15, 0.2) is 194 Å². The van der Waals surface area contributed by atoms with Gasteiger partial charge in [-0.25, -0.2) is 9.97 Å². The third-order valence-corrected chi connectivity index (χ3v) is 13.0. The van der Waals surface area contributed by atoms with Crippen molar-refractivity contribution in [2.45, 2.75) is 24.7 Å². The SMILES string of the molecule is CC1(C)c2ccccc2-c2ccc(-c3cc(-c4ccccc4)nc(-c4cccc(-c5ccc6c(c5)Oc5ccccc5C65c6ccccc6-c6ccccc65)c4)n3)cc21. The molecule has 0 fully saturated rings. The molecule has 3 aliphatic rings. The molecule has 1 aliphatic heterocycles. The Balaban J connectivity index is 0.986. The van der Waals surface area contributed by atoms with Gasteiger partial charge in [0.05, 0.1) is 16.8 Å². The van der Waals surface area contributed by atoms with Crippen LogP contribution in [0, 0.1) is 0 Å². The van der Waals surface area contributed by atoms with Crippen LogP contribution in [0.4, 0.5) is 0 Å². The Morgan fingerprint density at radius 3 is 1.61 bits per heavy atom. The molecule has 0 bridgehead atoms. The summed E-state index contributed by atoms with van der Waals surface area (Å²) in [5.41, 5.74) is 19.2. The molecule has 278 valence electrons. The molecule has 9 aromatic rings. The lowest BCUT2D eigenvalue weighted by Crippen LogP contribution is -2.32. The van der Waals surface area contributed by atoms with E-state index in [-0.39, 0.29) is 5.41 Å². The summed E-state index contributed by atoms with van der Waals surface area (Å²) >= 11 is 0. The molecule has 2 heterocycles. The van der Waals surface area contributed by atoms with Crippen molar-refractivity contribution in [1.82, 2.24) is 9.97 Å². The number of hydrogen-bond donors (Lipinski definition) is 0. The van der Waals surface area contributed by atoms with Gasteiger partial charge in [0.1, 0.15) is 11.5 Å². The summed E-state index contributed by atoms with van der Waals surface area (Å²) in [5, 5.41) is 0. The van der Waals surface area contributed by atoms with E-state index in [1.54, 1.807) is 0 Å². The molecule has 12 rings (SSSR count). The number of aromatic nitrogens is 2. The zero-order chi connectivity index (χ0) is 39.3. The molecule has 0 saturated carbocycles. The van der Waals surface area contributed by atoms with Gasteiger partial charge in [-0.2, -0.15) is 0 Å². The molecule has 0 saturated heterocycles. The number of rotatable bonds is 4. The van der Waals surface area contributed by atoms with E-state index in [9.17, 15) is 0 Å². The van der Waals surface area contributed by atoms with Gasteiger partial charge in [0.15, 0.2) is 5.82 Å². The lowest BCUT2D eigenvalue weighted by atomic mass is 9.66. The maximum atomic E-state index is 6.84. The minimum absolute atomic E-state index is 0.112. The van der Waals surface area contributed by atoms with Gasteiger partial charge in [0.2, 0.25) is 0 Å². The van der Waals surface area contributed by atoms with Gasteiger partial charge in [-0.1, -0.05) is 178 Å². The summed E-state index contributed by atoms with van der Waals surface area (Å²) in [7, 11) is 0. The molecule has 1 aromatic heterocycles. The Morgan fingerprint density at radius 2 is 0.864 bits per heavy atom. The quantitative estimate of drug-likeness (QED) is 0.179. The number of para-hydroxylation sites is 1. The van der Waals surface area contributed by atoms with E-state index in [1.807, 2.05) is 6.07 Å². The van der Waals surface area contributed by atoms with Crippen LogP contribution >= 0.6 is 0 Å². The second-order valence-electron chi connectivity index (χ2n) is 16.5. The van der Waals surface area contributed by atoms with Gasteiger partial charge in [0, 0.05) is 33.2 Å². The molecular weight excluding hydrogens is 717 g/mol. The Hall–Kier alpha value is -7.36. The first kappa shape index (κ1) is 33.7. The van der Waals surface area contributed by atoms with Crippen LogP contribution in [0.1, 0.15) is 47.2 Å². The van der Waals surface area contributed by atoms with Gasteiger partial charge in [-0.3, -0.25) is 0 Å². The summed E-state index contributed by atoms with van der Waals surface area (Å²) in [6.45, 7) is 4.65. The van der Waals surface area contributed by atoms with E-state index < -0.39 is 5.41 Å². The van der Waals surface area contributed by atoms with Gasteiger partial charge >= 0.3 is 0 Å². The fraction of sp³-hybridized carbons (Fsp3) is 0.0714. The van der Waals surface area contributed by atoms with Crippen LogP contribution in [0.5, 0.6) is 11.5 Å². The summed E-state index contributed by atoms with van der Waals surface area (Å²) < 4.78 is 6.84. The average molecular weight is 755 g/mol. The van der Waals surface area contributed by atoms with Gasteiger partial charge in [0.25, 0.3) is 0 Å². The topological polar surface area (TPSA) is 35.0 Å². The number of nitrogens with zero attached hydrogens (tertiary/aromatic N) is 2. The molecule has 0 N–H and O–H groups in total. The van der Waals surface area contributed by atoms with E-state index >= 15 is 0 Å². The molecule has 0 radical (unpaired) electrons. The van der Waals surface area contributed by atoms with E-state index in [2.05, 4.69) is 202 Å². The third kappa shape index (κ3) is 4.88. The first-order valence-electron chi connectivity index (χ1n) is 20.4. The fourth-order valence-electron chi connectivity index (χ4n) is 10.2. The third-order valence-electron chi connectivity index (χ3n) is 13.0. The van der Waals surface area contributed by atoms with Crippen molar-refractivity contribution >= 4 is 0 Å². The van der Waals surface area contributed by atoms with E-state index in [4.69, 9.17) is 14.7 Å². The van der Waals surface area contributed by atoms with Crippen LogP contribution in [-0.4, -0.2) is 9.97 Å². The summed E-state index contributed by atoms with van der Waals surface area (Å²) in [6.07, 6.45) is 0. The standard InChI is InChI=1S/C56H38N2O/c1-55(2)44-22-9-6-19-40(44)43-29-27-38(32-49(43)55)51-34-50(35-15-4-3-5-16-35)57-54(58-51)39-18-14-17-36(31-39)37-28-30-48-53(33-37)59-52-26-13-12-25-47(52)56(48)45-23-10-7-20-41(45)42-21-8-11-24-46(42)56/h3-34H,1-2H3. The zero-order valence-corrected chi connectivity index (χ0v) is 32.8. The van der Waals surface area contributed by atoms with Crippen LogP contribution in [0.25, 0.3) is 67.3 Å². The highest BCUT2D eigenvalue weighted by molar-refractivity contribution is 5.89. The smallest absolute Gasteiger partial charge is 0.160 e. The molecule has 3 heteroatoms. The highest BCUT2D eigenvalue weighted by atomic mass is 16.5. The number of ether oxygens (including phenoxy) is 1. The molecule has 3 nitrogen and oxygen atoms in total. The molecule has 1 spiro atoms. The molecule has 8 aromatic carbocycles. The first-order chi connectivity index (χ1) is 29.0. The molecule has 0 amide bonds. The van der Waals surface area contributed by atoms with Gasteiger partial charge in [-0.15, -0.1) is 0 Å². The highest BCUT2D eigenvalue weighted by Gasteiger charge is 2.51. The first-order valence-corrected chi connectivity index (χ1v) is 20.4. The van der Waals surface area contributed by atoms with E-state index in [0.717, 1.165) is 56.3 Å². The maximum absolute atomic E-state index is 6.84. The van der Waals surface area contributed by atoms with Crippen molar-refractivity contribution in [2.75, 3.05) is 0 Å². The van der Waals surface area contributed by atoms with Crippen LogP contribution in [0.2, 0.25) is 0 Å². The summed E-state index contributed by atoms with van der Waals surface area (Å²) in [5.74, 6) is 2.44.